The Balaban J connectivity index is 2.42. The van der Waals surface area contributed by atoms with Gasteiger partial charge in [0.05, 0.1) is 12.5 Å². The molecule has 1 heterocycles. The van der Waals surface area contributed by atoms with Crippen molar-refractivity contribution in [3.63, 3.8) is 0 Å². The Bertz CT molecular complexity index is 648. The molecular weight excluding hydrogens is 265 g/mol. The first-order valence-corrected chi connectivity index (χ1v) is 5.90. The molecule has 0 aliphatic rings. The number of hydrogen-bond acceptors (Lipinski definition) is 4. The standard InChI is InChI=1S/C14H14FNO4/c1-14(2,12-7-10(13(17)18)16-20-12)8-4-5-11(19-3)9(15)6-8/h4-7H,1-3H3,(H,17,18). The molecule has 1 aromatic carbocycles. The number of aromatic nitrogens is 1. The second-order valence-corrected chi connectivity index (χ2v) is 4.86. The van der Waals surface area contributed by atoms with Crippen LogP contribution in [0.25, 0.3) is 0 Å². The molecule has 2 rings (SSSR count). The summed E-state index contributed by atoms with van der Waals surface area (Å²) in [5.74, 6) is -1.17. The fraction of sp³-hybridized carbons (Fsp3) is 0.286. The quantitative estimate of drug-likeness (QED) is 0.931. The first-order chi connectivity index (χ1) is 9.36. The minimum absolute atomic E-state index is 0.147. The van der Waals surface area contributed by atoms with Crippen molar-refractivity contribution in [2.24, 2.45) is 0 Å². The van der Waals surface area contributed by atoms with Crippen LogP contribution in [0.2, 0.25) is 0 Å². The van der Waals surface area contributed by atoms with Gasteiger partial charge in [0.2, 0.25) is 0 Å². The summed E-state index contributed by atoms with van der Waals surface area (Å²) in [5, 5.41) is 12.3. The van der Waals surface area contributed by atoms with E-state index in [2.05, 4.69) is 5.16 Å². The molecule has 0 radical (unpaired) electrons. The summed E-state index contributed by atoms with van der Waals surface area (Å²) in [5.41, 5.74) is -0.265. The van der Waals surface area contributed by atoms with E-state index in [4.69, 9.17) is 14.4 Å². The second-order valence-electron chi connectivity index (χ2n) is 4.86. The molecule has 1 aromatic heterocycles. The van der Waals surface area contributed by atoms with Gasteiger partial charge in [-0.25, -0.2) is 9.18 Å². The molecule has 5 nitrogen and oxygen atoms in total. The Morgan fingerprint density at radius 1 is 1.40 bits per heavy atom. The molecule has 6 heteroatoms. The van der Waals surface area contributed by atoms with E-state index in [9.17, 15) is 9.18 Å². The van der Waals surface area contributed by atoms with Crippen molar-refractivity contribution in [2.75, 3.05) is 7.11 Å². The van der Waals surface area contributed by atoms with E-state index in [0.717, 1.165) is 0 Å². The molecule has 0 saturated heterocycles. The molecule has 106 valence electrons. The average Bonchev–Trinajstić information content (AvgIpc) is 2.89. The number of carbonyl (C=O) groups is 1. The molecule has 2 aromatic rings. The Morgan fingerprint density at radius 2 is 2.10 bits per heavy atom. The zero-order chi connectivity index (χ0) is 14.9. The zero-order valence-electron chi connectivity index (χ0n) is 11.3. The molecule has 1 N–H and O–H groups in total. The lowest BCUT2D eigenvalue weighted by Gasteiger charge is -2.22. The number of nitrogens with zero attached hydrogens (tertiary/aromatic N) is 1. The Labute approximate surface area is 115 Å². The van der Waals surface area contributed by atoms with Crippen molar-refractivity contribution in [3.8, 4) is 5.75 Å². The number of carboxylic acids is 1. The molecule has 0 aliphatic heterocycles. The van der Waals surface area contributed by atoms with Gasteiger partial charge in [0.15, 0.2) is 17.3 Å². The number of benzene rings is 1. The van der Waals surface area contributed by atoms with Gasteiger partial charge < -0.3 is 14.4 Å². The van der Waals surface area contributed by atoms with Crippen LogP contribution in [0.15, 0.2) is 28.8 Å². The molecule has 20 heavy (non-hydrogen) atoms. The van der Waals surface area contributed by atoms with Crippen LogP contribution in [0.5, 0.6) is 5.75 Å². The van der Waals surface area contributed by atoms with E-state index < -0.39 is 17.2 Å². The maximum atomic E-state index is 13.8. The zero-order valence-corrected chi connectivity index (χ0v) is 11.3. The van der Waals surface area contributed by atoms with Crippen LogP contribution < -0.4 is 4.74 Å². The molecule has 0 spiro atoms. The van der Waals surface area contributed by atoms with Gasteiger partial charge in [-0.3, -0.25) is 0 Å². The minimum atomic E-state index is -1.17. The highest BCUT2D eigenvalue weighted by Crippen LogP contribution is 2.33. The van der Waals surface area contributed by atoms with Gasteiger partial charge in [0.1, 0.15) is 5.76 Å². The van der Waals surface area contributed by atoms with Crippen LogP contribution in [-0.2, 0) is 5.41 Å². The highest BCUT2D eigenvalue weighted by molar-refractivity contribution is 5.85. The smallest absolute Gasteiger partial charge is 0.358 e. The van der Waals surface area contributed by atoms with Crippen LogP contribution in [-0.4, -0.2) is 23.3 Å². The fourth-order valence-electron chi connectivity index (χ4n) is 1.87. The molecule has 0 aliphatic carbocycles. The number of halogens is 1. The monoisotopic (exact) mass is 279 g/mol. The molecule has 0 unspecified atom stereocenters. The highest BCUT2D eigenvalue weighted by Gasteiger charge is 2.30. The van der Waals surface area contributed by atoms with E-state index in [1.807, 2.05) is 0 Å². The fourth-order valence-corrected chi connectivity index (χ4v) is 1.87. The number of ether oxygens (including phenoxy) is 1. The summed E-state index contributed by atoms with van der Waals surface area (Å²) in [4.78, 5) is 10.8. The predicted octanol–water partition coefficient (Wildman–Crippen LogP) is 2.85. The van der Waals surface area contributed by atoms with Crippen LogP contribution >= 0.6 is 0 Å². The Hall–Kier alpha value is -2.37. The topological polar surface area (TPSA) is 72.6 Å². The summed E-state index contributed by atoms with van der Waals surface area (Å²) in [6.07, 6.45) is 0. The van der Waals surface area contributed by atoms with E-state index in [0.29, 0.717) is 11.3 Å². The SMILES string of the molecule is COc1ccc(C(C)(C)c2cc(C(=O)O)no2)cc1F. The van der Waals surface area contributed by atoms with Gasteiger partial charge in [-0.1, -0.05) is 11.2 Å². The van der Waals surface area contributed by atoms with Crippen molar-refractivity contribution in [3.05, 3.63) is 47.1 Å². The number of aromatic carboxylic acids is 1. The minimum Gasteiger partial charge on any atom is -0.494 e. The van der Waals surface area contributed by atoms with Gasteiger partial charge in [-0.05, 0) is 31.5 Å². The summed E-state index contributed by atoms with van der Waals surface area (Å²) in [7, 11) is 1.39. The van der Waals surface area contributed by atoms with Gasteiger partial charge in [-0.15, -0.1) is 0 Å². The van der Waals surface area contributed by atoms with Gasteiger partial charge in [-0.2, -0.15) is 0 Å². The molecule has 0 amide bonds. The van der Waals surface area contributed by atoms with Gasteiger partial charge in [0, 0.05) is 6.07 Å². The van der Waals surface area contributed by atoms with Gasteiger partial charge >= 0.3 is 5.97 Å². The van der Waals surface area contributed by atoms with E-state index in [1.165, 1.54) is 25.3 Å². The molecule has 0 saturated carbocycles. The summed E-state index contributed by atoms with van der Waals surface area (Å²) < 4.78 is 23.7. The van der Waals surface area contributed by atoms with Crippen molar-refractivity contribution < 1.29 is 23.6 Å². The van der Waals surface area contributed by atoms with Crippen molar-refractivity contribution >= 4 is 5.97 Å². The predicted molar refractivity (Wildman–Crippen MR) is 68.5 cm³/mol. The third-order valence-corrected chi connectivity index (χ3v) is 3.22. The maximum absolute atomic E-state index is 13.8. The summed E-state index contributed by atoms with van der Waals surface area (Å²) >= 11 is 0. The van der Waals surface area contributed by atoms with E-state index in [-0.39, 0.29) is 11.4 Å². The number of methoxy groups -OCH3 is 1. The first kappa shape index (κ1) is 14.0. The van der Waals surface area contributed by atoms with Crippen molar-refractivity contribution in [2.45, 2.75) is 19.3 Å². The van der Waals surface area contributed by atoms with E-state index >= 15 is 0 Å². The molecule has 0 bridgehead atoms. The lowest BCUT2D eigenvalue weighted by Crippen LogP contribution is -2.18. The lowest BCUT2D eigenvalue weighted by molar-refractivity contribution is 0.0685. The summed E-state index contributed by atoms with van der Waals surface area (Å²) in [6, 6.07) is 5.89. The van der Waals surface area contributed by atoms with Crippen molar-refractivity contribution in [1.82, 2.24) is 5.16 Å². The normalized spacial score (nSPS) is 11.4. The summed E-state index contributed by atoms with van der Waals surface area (Å²) in [6.45, 7) is 3.58. The van der Waals surface area contributed by atoms with E-state index in [1.54, 1.807) is 19.9 Å². The number of rotatable bonds is 4. The lowest BCUT2D eigenvalue weighted by atomic mass is 9.82. The molecular formula is C14H14FNO4. The highest BCUT2D eigenvalue weighted by atomic mass is 19.1. The maximum Gasteiger partial charge on any atom is 0.358 e. The average molecular weight is 279 g/mol. The van der Waals surface area contributed by atoms with Crippen LogP contribution in [0.1, 0.15) is 35.7 Å². The Kier molecular flexibility index (Phi) is 3.48. The van der Waals surface area contributed by atoms with Crippen LogP contribution in [0.3, 0.4) is 0 Å². The third kappa shape index (κ3) is 2.36. The van der Waals surface area contributed by atoms with Crippen LogP contribution in [0, 0.1) is 5.82 Å². The third-order valence-electron chi connectivity index (χ3n) is 3.22. The number of carboxylic acid groups (broad SMARTS) is 1. The Morgan fingerprint density at radius 3 is 2.60 bits per heavy atom. The largest absolute Gasteiger partial charge is 0.494 e. The van der Waals surface area contributed by atoms with Crippen molar-refractivity contribution in [1.29, 1.82) is 0 Å². The molecule has 0 fully saturated rings. The second kappa shape index (κ2) is 4.96. The molecule has 0 atom stereocenters. The number of hydrogen-bond donors (Lipinski definition) is 1. The first-order valence-electron chi connectivity index (χ1n) is 5.90. The van der Waals surface area contributed by atoms with Gasteiger partial charge in [0.25, 0.3) is 0 Å². The van der Waals surface area contributed by atoms with Crippen LogP contribution in [0.4, 0.5) is 4.39 Å².